The SMILES string of the molecule is CN=C(NCC(C)N1CCN(C)CC1)N(C)Cc1ccc(Cl)cc1. The monoisotopic (exact) mass is 351 g/mol. The van der Waals surface area contributed by atoms with Gasteiger partial charge in [0.2, 0.25) is 0 Å². The van der Waals surface area contributed by atoms with Crippen LogP contribution >= 0.6 is 11.6 Å². The van der Waals surface area contributed by atoms with E-state index in [4.69, 9.17) is 11.6 Å². The molecule has 0 bridgehead atoms. The molecule has 134 valence electrons. The number of rotatable bonds is 5. The van der Waals surface area contributed by atoms with Crippen LogP contribution in [0, 0.1) is 0 Å². The highest BCUT2D eigenvalue weighted by Crippen LogP contribution is 2.11. The minimum absolute atomic E-state index is 0.499. The summed E-state index contributed by atoms with van der Waals surface area (Å²) in [4.78, 5) is 11.5. The highest BCUT2D eigenvalue weighted by Gasteiger charge is 2.19. The number of piperazine rings is 1. The van der Waals surface area contributed by atoms with Gasteiger partial charge < -0.3 is 15.1 Å². The Hall–Kier alpha value is -1.30. The van der Waals surface area contributed by atoms with Gasteiger partial charge in [0.1, 0.15) is 0 Å². The number of nitrogens with zero attached hydrogens (tertiary/aromatic N) is 4. The van der Waals surface area contributed by atoms with Gasteiger partial charge in [-0.2, -0.15) is 0 Å². The molecule has 0 spiro atoms. The van der Waals surface area contributed by atoms with E-state index < -0.39 is 0 Å². The van der Waals surface area contributed by atoms with Gasteiger partial charge in [-0.3, -0.25) is 9.89 Å². The zero-order valence-corrected chi connectivity index (χ0v) is 16.1. The van der Waals surface area contributed by atoms with Gasteiger partial charge in [0.05, 0.1) is 0 Å². The standard InChI is InChI=1S/C18H30ClN5/c1-15(24-11-9-22(3)10-12-24)13-21-18(20-2)23(4)14-16-5-7-17(19)8-6-16/h5-8,15H,9-14H2,1-4H3,(H,20,21). The summed E-state index contributed by atoms with van der Waals surface area (Å²) < 4.78 is 0. The maximum Gasteiger partial charge on any atom is 0.193 e. The van der Waals surface area contributed by atoms with Crippen molar-refractivity contribution in [2.75, 3.05) is 53.9 Å². The summed E-state index contributed by atoms with van der Waals surface area (Å²) in [5.41, 5.74) is 1.22. The molecule has 1 aliphatic heterocycles. The lowest BCUT2D eigenvalue weighted by atomic mass is 10.2. The lowest BCUT2D eigenvalue weighted by Crippen LogP contribution is -2.52. The number of likely N-dealkylation sites (N-methyl/N-ethyl adjacent to an activating group) is 1. The molecule has 0 saturated carbocycles. The maximum absolute atomic E-state index is 5.95. The summed E-state index contributed by atoms with van der Waals surface area (Å²) in [6.07, 6.45) is 0. The molecule has 1 fully saturated rings. The van der Waals surface area contributed by atoms with Crippen LogP contribution in [0.5, 0.6) is 0 Å². The Morgan fingerprint density at radius 2 is 1.88 bits per heavy atom. The van der Waals surface area contributed by atoms with Crippen LogP contribution in [0.4, 0.5) is 0 Å². The third-order valence-corrected chi connectivity index (χ3v) is 4.88. The second kappa shape index (κ2) is 9.25. The van der Waals surface area contributed by atoms with Gasteiger partial charge in [-0.15, -0.1) is 0 Å². The Labute approximate surface area is 151 Å². The predicted molar refractivity (Wildman–Crippen MR) is 103 cm³/mol. The van der Waals surface area contributed by atoms with Gasteiger partial charge in [-0.05, 0) is 31.7 Å². The van der Waals surface area contributed by atoms with Crippen LogP contribution in [-0.4, -0.2) is 80.6 Å². The van der Waals surface area contributed by atoms with E-state index >= 15 is 0 Å². The van der Waals surface area contributed by atoms with Gasteiger partial charge in [-0.25, -0.2) is 0 Å². The van der Waals surface area contributed by atoms with Crippen LogP contribution in [0.3, 0.4) is 0 Å². The zero-order chi connectivity index (χ0) is 17.5. The smallest absolute Gasteiger partial charge is 0.193 e. The average Bonchev–Trinajstić information content (AvgIpc) is 2.58. The minimum atomic E-state index is 0.499. The van der Waals surface area contributed by atoms with E-state index in [2.05, 4.69) is 58.2 Å². The van der Waals surface area contributed by atoms with E-state index in [0.29, 0.717) is 6.04 Å². The highest BCUT2D eigenvalue weighted by atomic mass is 35.5. The molecule has 0 aromatic heterocycles. The summed E-state index contributed by atoms with van der Waals surface area (Å²) >= 11 is 5.95. The summed E-state index contributed by atoms with van der Waals surface area (Å²) in [7, 11) is 6.08. The molecule has 1 atom stereocenters. The number of guanidine groups is 1. The minimum Gasteiger partial charge on any atom is -0.355 e. The molecular formula is C18H30ClN5. The summed E-state index contributed by atoms with van der Waals surface area (Å²) in [5.74, 6) is 0.922. The van der Waals surface area contributed by atoms with Crippen LogP contribution < -0.4 is 5.32 Å². The molecule has 6 heteroatoms. The number of aliphatic imine (C=N–C) groups is 1. The lowest BCUT2D eigenvalue weighted by molar-refractivity contribution is 0.119. The third-order valence-electron chi connectivity index (χ3n) is 4.62. The molecule has 0 amide bonds. The normalized spacial score (nSPS) is 18.5. The fraction of sp³-hybridized carbons (Fsp3) is 0.611. The molecule has 1 heterocycles. The van der Waals surface area contributed by atoms with Crippen molar-refractivity contribution < 1.29 is 0 Å². The fourth-order valence-electron chi connectivity index (χ4n) is 2.95. The van der Waals surface area contributed by atoms with Gasteiger partial charge in [-0.1, -0.05) is 23.7 Å². The maximum atomic E-state index is 5.95. The Kier molecular flexibility index (Phi) is 7.34. The van der Waals surface area contributed by atoms with Crippen molar-refractivity contribution in [3.8, 4) is 0 Å². The van der Waals surface area contributed by atoms with Gasteiger partial charge in [0, 0.05) is 64.4 Å². The van der Waals surface area contributed by atoms with E-state index in [9.17, 15) is 0 Å². The fourth-order valence-corrected chi connectivity index (χ4v) is 3.08. The van der Waals surface area contributed by atoms with E-state index in [1.54, 1.807) is 0 Å². The van der Waals surface area contributed by atoms with E-state index in [1.165, 1.54) is 5.56 Å². The molecule has 1 N–H and O–H groups in total. The second-order valence-corrected chi connectivity index (χ2v) is 7.04. The number of nitrogens with one attached hydrogen (secondary N) is 1. The number of halogens is 1. The molecule has 0 aliphatic carbocycles. The van der Waals surface area contributed by atoms with Crippen molar-refractivity contribution in [3.05, 3.63) is 34.9 Å². The Morgan fingerprint density at radius 1 is 1.25 bits per heavy atom. The first-order valence-corrected chi connectivity index (χ1v) is 8.96. The van der Waals surface area contributed by atoms with Crippen molar-refractivity contribution in [2.24, 2.45) is 4.99 Å². The van der Waals surface area contributed by atoms with Gasteiger partial charge in [0.15, 0.2) is 5.96 Å². The Morgan fingerprint density at radius 3 is 2.46 bits per heavy atom. The highest BCUT2D eigenvalue weighted by molar-refractivity contribution is 6.30. The molecule has 24 heavy (non-hydrogen) atoms. The Bertz CT molecular complexity index is 523. The van der Waals surface area contributed by atoms with E-state index in [0.717, 1.165) is 50.3 Å². The van der Waals surface area contributed by atoms with Crippen LogP contribution in [0.1, 0.15) is 12.5 Å². The summed E-state index contributed by atoms with van der Waals surface area (Å²) in [5, 5.41) is 4.27. The van der Waals surface area contributed by atoms with Crippen molar-refractivity contribution in [2.45, 2.75) is 19.5 Å². The molecular weight excluding hydrogens is 322 g/mol. The zero-order valence-electron chi connectivity index (χ0n) is 15.3. The van der Waals surface area contributed by atoms with E-state index in [1.807, 2.05) is 19.2 Å². The van der Waals surface area contributed by atoms with Gasteiger partial charge >= 0.3 is 0 Å². The predicted octanol–water partition coefficient (Wildman–Crippen LogP) is 1.98. The second-order valence-electron chi connectivity index (χ2n) is 6.60. The summed E-state index contributed by atoms with van der Waals surface area (Å²) in [6, 6.07) is 8.46. The molecule has 1 saturated heterocycles. The molecule has 1 aromatic rings. The first-order valence-electron chi connectivity index (χ1n) is 8.58. The van der Waals surface area contributed by atoms with Crippen molar-refractivity contribution in [3.63, 3.8) is 0 Å². The Balaban J connectivity index is 1.81. The molecule has 1 aromatic carbocycles. The van der Waals surface area contributed by atoms with Crippen LogP contribution in [0.25, 0.3) is 0 Å². The lowest BCUT2D eigenvalue weighted by Gasteiger charge is -2.37. The van der Waals surface area contributed by atoms with Crippen molar-refractivity contribution >= 4 is 17.6 Å². The van der Waals surface area contributed by atoms with Crippen molar-refractivity contribution in [1.82, 2.24) is 20.0 Å². The number of benzene rings is 1. The average molecular weight is 352 g/mol. The van der Waals surface area contributed by atoms with Crippen LogP contribution in [0.15, 0.2) is 29.3 Å². The molecule has 5 nitrogen and oxygen atoms in total. The van der Waals surface area contributed by atoms with Gasteiger partial charge in [0.25, 0.3) is 0 Å². The van der Waals surface area contributed by atoms with Crippen LogP contribution in [-0.2, 0) is 6.54 Å². The topological polar surface area (TPSA) is 34.1 Å². The van der Waals surface area contributed by atoms with Crippen molar-refractivity contribution in [1.29, 1.82) is 0 Å². The molecule has 1 aliphatic rings. The number of hydrogen-bond donors (Lipinski definition) is 1. The number of hydrogen-bond acceptors (Lipinski definition) is 3. The molecule has 2 rings (SSSR count). The quantitative estimate of drug-likeness (QED) is 0.650. The first-order chi connectivity index (χ1) is 11.5. The molecule has 0 radical (unpaired) electrons. The summed E-state index contributed by atoms with van der Waals surface area (Å²) in [6.45, 7) is 8.56. The molecule has 1 unspecified atom stereocenters. The van der Waals surface area contributed by atoms with Crippen LogP contribution in [0.2, 0.25) is 5.02 Å². The first kappa shape index (κ1) is 19.0. The van der Waals surface area contributed by atoms with E-state index in [-0.39, 0.29) is 0 Å². The third kappa shape index (κ3) is 5.65. The largest absolute Gasteiger partial charge is 0.355 e.